The van der Waals surface area contributed by atoms with Crippen molar-refractivity contribution in [1.29, 1.82) is 0 Å². The van der Waals surface area contributed by atoms with Crippen LogP contribution in [0.3, 0.4) is 0 Å². The number of carboxylic acid groups (broad SMARTS) is 1. The minimum Gasteiger partial charge on any atom is -0.476 e. The highest BCUT2D eigenvalue weighted by Crippen LogP contribution is 2.11. The van der Waals surface area contributed by atoms with Crippen LogP contribution in [0.2, 0.25) is 0 Å². The van der Waals surface area contributed by atoms with Crippen LogP contribution in [0.1, 0.15) is 43.9 Å². The summed E-state index contributed by atoms with van der Waals surface area (Å²) in [6.45, 7) is 7.69. The van der Waals surface area contributed by atoms with E-state index in [1.54, 1.807) is 4.90 Å². The van der Waals surface area contributed by atoms with Crippen LogP contribution in [-0.4, -0.2) is 56.1 Å². The van der Waals surface area contributed by atoms with E-state index < -0.39 is 5.97 Å². The number of rotatable bonds is 7. The quantitative estimate of drug-likeness (QED) is 0.798. The highest BCUT2D eigenvalue weighted by molar-refractivity contribution is 5.86. The van der Waals surface area contributed by atoms with Crippen LogP contribution in [0.25, 0.3) is 0 Å². The van der Waals surface area contributed by atoms with Crippen molar-refractivity contribution in [2.45, 2.75) is 52.9 Å². The molecule has 0 unspecified atom stereocenters. The van der Waals surface area contributed by atoms with Gasteiger partial charge in [0.1, 0.15) is 6.54 Å². The largest absolute Gasteiger partial charge is 0.476 e. The molecule has 118 valence electrons. The molecule has 0 saturated carbocycles. The standard InChI is InChI=1S/C13H22N4O4/c1-8(2)17(9(3)4)11(18)6-16-10(7-21-5)12(13(19)20)14-15-16/h8-9H,6-7H2,1-5H3,(H,19,20). The average Bonchev–Trinajstić information content (AvgIpc) is 2.72. The van der Waals surface area contributed by atoms with Crippen LogP contribution in [-0.2, 0) is 22.7 Å². The maximum absolute atomic E-state index is 12.4. The van der Waals surface area contributed by atoms with E-state index in [-0.39, 0.29) is 42.5 Å². The van der Waals surface area contributed by atoms with Gasteiger partial charge >= 0.3 is 5.97 Å². The highest BCUT2D eigenvalue weighted by Gasteiger charge is 2.24. The lowest BCUT2D eigenvalue weighted by Gasteiger charge is -2.30. The summed E-state index contributed by atoms with van der Waals surface area (Å²) in [7, 11) is 1.44. The van der Waals surface area contributed by atoms with Gasteiger partial charge in [-0.25, -0.2) is 9.48 Å². The van der Waals surface area contributed by atoms with E-state index in [0.717, 1.165) is 0 Å². The van der Waals surface area contributed by atoms with Crippen molar-refractivity contribution in [3.63, 3.8) is 0 Å². The van der Waals surface area contributed by atoms with E-state index in [9.17, 15) is 9.59 Å². The number of aromatic nitrogens is 3. The molecule has 21 heavy (non-hydrogen) atoms. The number of ether oxygens (including phenoxy) is 1. The van der Waals surface area contributed by atoms with Crippen LogP contribution >= 0.6 is 0 Å². The first-order valence-corrected chi connectivity index (χ1v) is 6.75. The first-order valence-electron chi connectivity index (χ1n) is 6.75. The second-order valence-corrected chi connectivity index (χ2v) is 5.27. The molecule has 0 saturated heterocycles. The SMILES string of the molecule is COCc1c(C(=O)O)nnn1CC(=O)N(C(C)C)C(C)C. The molecule has 0 aliphatic carbocycles. The van der Waals surface area contributed by atoms with Gasteiger partial charge in [0.25, 0.3) is 0 Å². The minimum atomic E-state index is -1.19. The molecule has 0 radical (unpaired) electrons. The summed E-state index contributed by atoms with van der Waals surface area (Å²) in [6, 6.07) is 0.0941. The number of carboxylic acids is 1. The molecule has 8 heteroatoms. The first-order chi connectivity index (χ1) is 9.79. The van der Waals surface area contributed by atoms with E-state index in [4.69, 9.17) is 9.84 Å². The number of carbonyl (C=O) groups is 2. The normalized spacial score (nSPS) is 11.2. The molecule has 1 N–H and O–H groups in total. The second kappa shape index (κ2) is 7.16. The molecule has 0 spiro atoms. The van der Waals surface area contributed by atoms with Crippen molar-refractivity contribution >= 4 is 11.9 Å². The van der Waals surface area contributed by atoms with Crippen LogP contribution in [0.5, 0.6) is 0 Å². The summed E-state index contributed by atoms with van der Waals surface area (Å²) in [5.74, 6) is -1.33. The zero-order valence-electron chi connectivity index (χ0n) is 13.0. The molecular formula is C13H22N4O4. The summed E-state index contributed by atoms with van der Waals surface area (Å²) >= 11 is 0. The van der Waals surface area contributed by atoms with Crippen LogP contribution in [0.4, 0.5) is 0 Å². The topological polar surface area (TPSA) is 97.5 Å². The van der Waals surface area contributed by atoms with Gasteiger partial charge in [0.05, 0.1) is 12.3 Å². The number of nitrogens with zero attached hydrogens (tertiary/aromatic N) is 4. The highest BCUT2D eigenvalue weighted by atomic mass is 16.5. The predicted octanol–water partition coefficient (Wildman–Crippen LogP) is 0.768. The number of hydrogen-bond donors (Lipinski definition) is 1. The molecule has 1 aromatic heterocycles. The van der Waals surface area contributed by atoms with Crippen molar-refractivity contribution in [3.8, 4) is 0 Å². The number of methoxy groups -OCH3 is 1. The van der Waals surface area contributed by atoms with E-state index in [1.165, 1.54) is 11.8 Å². The van der Waals surface area contributed by atoms with Crippen molar-refractivity contribution in [2.75, 3.05) is 7.11 Å². The Bertz CT molecular complexity index is 502. The Kier molecular flexibility index (Phi) is 5.83. The molecule has 1 heterocycles. The van der Waals surface area contributed by atoms with Crippen molar-refractivity contribution < 1.29 is 19.4 Å². The van der Waals surface area contributed by atoms with Gasteiger partial charge in [0.15, 0.2) is 5.69 Å². The Morgan fingerprint density at radius 2 is 1.86 bits per heavy atom. The van der Waals surface area contributed by atoms with Gasteiger partial charge in [0.2, 0.25) is 5.91 Å². The van der Waals surface area contributed by atoms with Crippen molar-refractivity contribution in [2.24, 2.45) is 0 Å². The van der Waals surface area contributed by atoms with Crippen LogP contribution in [0, 0.1) is 0 Å². The molecule has 0 fully saturated rings. The monoisotopic (exact) mass is 298 g/mol. The summed E-state index contributed by atoms with van der Waals surface area (Å²) in [5.41, 5.74) is 0.0936. The molecule has 0 atom stereocenters. The third kappa shape index (κ3) is 4.01. The van der Waals surface area contributed by atoms with Gasteiger partial charge in [-0.3, -0.25) is 4.79 Å². The van der Waals surface area contributed by atoms with Crippen molar-refractivity contribution in [3.05, 3.63) is 11.4 Å². The fourth-order valence-electron chi connectivity index (χ4n) is 2.29. The minimum absolute atomic E-state index is 0.0330. The smallest absolute Gasteiger partial charge is 0.358 e. The van der Waals surface area contributed by atoms with Gasteiger partial charge < -0.3 is 14.7 Å². The van der Waals surface area contributed by atoms with E-state index in [1.807, 2.05) is 27.7 Å². The summed E-state index contributed by atoms with van der Waals surface area (Å²) < 4.78 is 6.25. The van der Waals surface area contributed by atoms with Gasteiger partial charge in [-0.15, -0.1) is 5.10 Å². The summed E-state index contributed by atoms with van der Waals surface area (Å²) in [6.07, 6.45) is 0. The Balaban J connectivity index is 3.01. The number of hydrogen-bond acceptors (Lipinski definition) is 5. The molecule has 1 amide bonds. The zero-order valence-corrected chi connectivity index (χ0v) is 13.0. The maximum Gasteiger partial charge on any atom is 0.358 e. The lowest BCUT2D eigenvalue weighted by atomic mass is 10.2. The Labute approximate surface area is 123 Å². The first kappa shape index (κ1) is 17.1. The second-order valence-electron chi connectivity index (χ2n) is 5.27. The molecule has 1 rings (SSSR count). The molecular weight excluding hydrogens is 276 g/mol. The van der Waals surface area contributed by atoms with Crippen molar-refractivity contribution in [1.82, 2.24) is 19.9 Å². The predicted molar refractivity (Wildman–Crippen MR) is 74.8 cm³/mol. The van der Waals surface area contributed by atoms with E-state index >= 15 is 0 Å². The molecule has 0 aliphatic heterocycles. The molecule has 0 aromatic carbocycles. The molecule has 8 nitrogen and oxygen atoms in total. The van der Waals surface area contributed by atoms with Gasteiger partial charge in [-0.1, -0.05) is 5.21 Å². The zero-order chi connectivity index (χ0) is 16.2. The van der Waals surface area contributed by atoms with Gasteiger partial charge in [0, 0.05) is 19.2 Å². The Morgan fingerprint density at radius 3 is 2.29 bits per heavy atom. The fourth-order valence-corrected chi connectivity index (χ4v) is 2.29. The lowest BCUT2D eigenvalue weighted by molar-refractivity contribution is -0.135. The van der Waals surface area contributed by atoms with E-state index in [2.05, 4.69) is 10.3 Å². The molecule has 0 bridgehead atoms. The Morgan fingerprint density at radius 1 is 1.29 bits per heavy atom. The number of aromatic carboxylic acids is 1. The Hall–Kier alpha value is -1.96. The third-order valence-electron chi connectivity index (χ3n) is 3.01. The third-order valence-corrected chi connectivity index (χ3v) is 3.01. The maximum atomic E-state index is 12.4. The lowest BCUT2D eigenvalue weighted by Crippen LogP contribution is -2.44. The van der Waals surface area contributed by atoms with Crippen LogP contribution in [0.15, 0.2) is 0 Å². The van der Waals surface area contributed by atoms with Crippen LogP contribution < -0.4 is 0 Å². The summed E-state index contributed by atoms with van der Waals surface area (Å²) in [4.78, 5) is 25.2. The summed E-state index contributed by atoms with van der Waals surface area (Å²) in [5, 5.41) is 16.4. The van der Waals surface area contributed by atoms with E-state index in [0.29, 0.717) is 0 Å². The average molecular weight is 298 g/mol. The fraction of sp³-hybridized carbons (Fsp3) is 0.692. The number of amides is 1. The van der Waals surface area contributed by atoms with Gasteiger partial charge in [-0.2, -0.15) is 0 Å². The molecule has 0 aliphatic rings. The number of carbonyl (C=O) groups excluding carboxylic acids is 1. The van der Waals surface area contributed by atoms with Gasteiger partial charge in [-0.05, 0) is 27.7 Å². The molecule has 1 aromatic rings.